The van der Waals surface area contributed by atoms with Gasteiger partial charge in [-0.3, -0.25) is 9.78 Å². The molecule has 4 nitrogen and oxygen atoms in total. The number of aryl methyl sites for hydroxylation is 1. The van der Waals surface area contributed by atoms with Crippen LogP contribution in [0, 0.1) is 13.8 Å². The zero-order valence-electron chi connectivity index (χ0n) is 8.72. The summed E-state index contributed by atoms with van der Waals surface area (Å²) in [7, 11) is 0. The van der Waals surface area contributed by atoms with E-state index in [9.17, 15) is 4.79 Å². The number of nitrogens with zero attached hydrogens (tertiary/aromatic N) is 1. The number of pyridine rings is 1. The van der Waals surface area contributed by atoms with Crippen LogP contribution in [0.15, 0.2) is 6.20 Å². The Morgan fingerprint density at radius 1 is 1.57 bits per heavy atom. The number of aromatic nitrogens is 1. The standard InChI is InChI=1S/C10H15N3O/c1-4-12-10(14)8-5-13-7(3)9(11)6(8)2/h5H,4,11H2,1-3H3,(H,12,14). The quantitative estimate of drug-likeness (QED) is 0.737. The highest BCUT2D eigenvalue weighted by atomic mass is 16.1. The molecule has 14 heavy (non-hydrogen) atoms. The third-order valence-electron chi connectivity index (χ3n) is 2.17. The minimum atomic E-state index is -0.121. The number of nitrogens with one attached hydrogen (secondary N) is 1. The molecule has 0 aliphatic rings. The van der Waals surface area contributed by atoms with E-state index < -0.39 is 0 Å². The lowest BCUT2D eigenvalue weighted by molar-refractivity contribution is 0.0955. The zero-order valence-corrected chi connectivity index (χ0v) is 8.72. The molecule has 3 N–H and O–H groups in total. The van der Waals surface area contributed by atoms with E-state index in [2.05, 4.69) is 10.3 Å². The van der Waals surface area contributed by atoms with Crippen LogP contribution in [-0.4, -0.2) is 17.4 Å². The second kappa shape index (κ2) is 4.09. The summed E-state index contributed by atoms with van der Waals surface area (Å²) in [5, 5.41) is 2.71. The van der Waals surface area contributed by atoms with Gasteiger partial charge in [0.1, 0.15) is 0 Å². The molecule has 0 saturated heterocycles. The van der Waals surface area contributed by atoms with Crippen LogP contribution < -0.4 is 11.1 Å². The minimum absolute atomic E-state index is 0.121. The monoisotopic (exact) mass is 193 g/mol. The highest BCUT2D eigenvalue weighted by Crippen LogP contribution is 2.17. The predicted octanol–water partition coefficient (Wildman–Crippen LogP) is 1.03. The van der Waals surface area contributed by atoms with Gasteiger partial charge in [0.25, 0.3) is 5.91 Å². The highest BCUT2D eigenvalue weighted by Gasteiger charge is 2.11. The van der Waals surface area contributed by atoms with Crippen molar-refractivity contribution in [2.45, 2.75) is 20.8 Å². The maximum absolute atomic E-state index is 11.5. The van der Waals surface area contributed by atoms with Crippen LogP contribution in [-0.2, 0) is 0 Å². The number of nitrogens with two attached hydrogens (primary N) is 1. The first-order chi connectivity index (χ1) is 6.57. The molecule has 1 aromatic heterocycles. The first kappa shape index (κ1) is 10.5. The molecule has 0 aliphatic carbocycles. The number of amides is 1. The van der Waals surface area contributed by atoms with E-state index in [1.807, 2.05) is 20.8 Å². The fraction of sp³-hybridized carbons (Fsp3) is 0.400. The maximum atomic E-state index is 11.5. The normalized spacial score (nSPS) is 9.93. The molecule has 0 saturated carbocycles. The van der Waals surface area contributed by atoms with E-state index in [-0.39, 0.29) is 5.91 Å². The lowest BCUT2D eigenvalue weighted by Gasteiger charge is -2.09. The van der Waals surface area contributed by atoms with E-state index in [4.69, 9.17) is 5.73 Å². The van der Waals surface area contributed by atoms with Crippen molar-refractivity contribution < 1.29 is 4.79 Å². The molecule has 0 aromatic carbocycles. The smallest absolute Gasteiger partial charge is 0.253 e. The highest BCUT2D eigenvalue weighted by molar-refractivity contribution is 5.96. The van der Waals surface area contributed by atoms with E-state index in [1.54, 1.807) is 6.20 Å². The summed E-state index contributed by atoms with van der Waals surface area (Å²) < 4.78 is 0. The van der Waals surface area contributed by atoms with Crippen molar-refractivity contribution in [3.05, 3.63) is 23.0 Å². The number of nitrogen functional groups attached to an aromatic ring is 1. The van der Waals surface area contributed by atoms with Crippen molar-refractivity contribution in [1.29, 1.82) is 0 Å². The van der Waals surface area contributed by atoms with Gasteiger partial charge < -0.3 is 11.1 Å². The van der Waals surface area contributed by atoms with Gasteiger partial charge in [0, 0.05) is 12.7 Å². The van der Waals surface area contributed by atoms with Crippen molar-refractivity contribution in [2.24, 2.45) is 0 Å². The van der Waals surface area contributed by atoms with Gasteiger partial charge in [0.2, 0.25) is 0 Å². The Morgan fingerprint density at radius 2 is 2.21 bits per heavy atom. The molecule has 0 bridgehead atoms. The lowest BCUT2D eigenvalue weighted by atomic mass is 10.1. The molecule has 1 amide bonds. The third kappa shape index (κ3) is 1.84. The SMILES string of the molecule is CCNC(=O)c1cnc(C)c(N)c1C. The van der Waals surface area contributed by atoms with Gasteiger partial charge in [-0.1, -0.05) is 0 Å². The van der Waals surface area contributed by atoms with Crippen LogP contribution in [0.25, 0.3) is 0 Å². The van der Waals surface area contributed by atoms with Crippen molar-refractivity contribution in [2.75, 3.05) is 12.3 Å². The largest absolute Gasteiger partial charge is 0.397 e. The molecule has 0 aliphatic heterocycles. The topological polar surface area (TPSA) is 68.0 Å². The van der Waals surface area contributed by atoms with E-state index in [1.165, 1.54) is 0 Å². The first-order valence-electron chi connectivity index (χ1n) is 4.57. The van der Waals surface area contributed by atoms with Crippen molar-refractivity contribution >= 4 is 11.6 Å². The average Bonchev–Trinajstić information content (AvgIpc) is 2.15. The molecule has 0 radical (unpaired) electrons. The van der Waals surface area contributed by atoms with Crippen molar-refractivity contribution in [1.82, 2.24) is 10.3 Å². The minimum Gasteiger partial charge on any atom is -0.397 e. The van der Waals surface area contributed by atoms with Crippen LogP contribution in [0.4, 0.5) is 5.69 Å². The summed E-state index contributed by atoms with van der Waals surface area (Å²) in [4.78, 5) is 15.6. The molecule has 1 rings (SSSR count). The maximum Gasteiger partial charge on any atom is 0.253 e. The van der Waals surface area contributed by atoms with Crippen molar-refractivity contribution in [3.8, 4) is 0 Å². The Labute approximate surface area is 83.5 Å². The number of hydrogen-bond donors (Lipinski definition) is 2. The number of hydrogen-bond acceptors (Lipinski definition) is 3. The Bertz CT molecular complexity index is 361. The Balaban J connectivity index is 3.11. The van der Waals surface area contributed by atoms with Gasteiger partial charge in [-0.2, -0.15) is 0 Å². The summed E-state index contributed by atoms with van der Waals surface area (Å²) in [6.45, 7) is 6.13. The second-order valence-corrected chi connectivity index (χ2v) is 3.16. The van der Waals surface area contributed by atoms with Gasteiger partial charge in [-0.05, 0) is 26.3 Å². The molecule has 1 aromatic rings. The van der Waals surface area contributed by atoms with Gasteiger partial charge in [0.05, 0.1) is 16.9 Å². The third-order valence-corrected chi connectivity index (χ3v) is 2.17. The molecule has 4 heteroatoms. The summed E-state index contributed by atoms with van der Waals surface area (Å²) in [5.74, 6) is -0.121. The molecule has 0 fully saturated rings. The Hall–Kier alpha value is -1.58. The second-order valence-electron chi connectivity index (χ2n) is 3.16. The van der Waals surface area contributed by atoms with E-state index in [0.29, 0.717) is 17.8 Å². The summed E-state index contributed by atoms with van der Waals surface area (Å²) in [5.41, 5.74) is 8.47. The first-order valence-corrected chi connectivity index (χ1v) is 4.57. The fourth-order valence-corrected chi connectivity index (χ4v) is 1.23. The molecule has 1 heterocycles. The molecular formula is C10H15N3O. The lowest BCUT2D eigenvalue weighted by Crippen LogP contribution is -2.24. The molecule has 0 atom stereocenters. The molecule has 76 valence electrons. The zero-order chi connectivity index (χ0) is 10.7. The number of carbonyl (C=O) groups excluding carboxylic acids is 1. The molecule has 0 spiro atoms. The van der Waals surface area contributed by atoms with Crippen molar-refractivity contribution in [3.63, 3.8) is 0 Å². The van der Waals surface area contributed by atoms with Gasteiger partial charge in [-0.15, -0.1) is 0 Å². The van der Waals surface area contributed by atoms with Crippen LogP contribution in [0.1, 0.15) is 28.5 Å². The Kier molecular flexibility index (Phi) is 3.06. The molecule has 0 unspecified atom stereocenters. The van der Waals surface area contributed by atoms with Crippen LogP contribution in [0.3, 0.4) is 0 Å². The van der Waals surface area contributed by atoms with E-state index >= 15 is 0 Å². The fourth-order valence-electron chi connectivity index (χ4n) is 1.23. The van der Waals surface area contributed by atoms with Crippen LogP contribution in [0.5, 0.6) is 0 Å². The summed E-state index contributed by atoms with van der Waals surface area (Å²) in [6, 6.07) is 0. The number of carbonyl (C=O) groups is 1. The van der Waals surface area contributed by atoms with Gasteiger partial charge in [-0.25, -0.2) is 0 Å². The number of anilines is 1. The van der Waals surface area contributed by atoms with E-state index in [0.717, 1.165) is 11.3 Å². The predicted molar refractivity (Wildman–Crippen MR) is 56.1 cm³/mol. The molecular weight excluding hydrogens is 178 g/mol. The van der Waals surface area contributed by atoms with Crippen LogP contribution >= 0.6 is 0 Å². The van der Waals surface area contributed by atoms with Gasteiger partial charge in [0.15, 0.2) is 0 Å². The average molecular weight is 193 g/mol. The summed E-state index contributed by atoms with van der Waals surface area (Å²) >= 11 is 0. The summed E-state index contributed by atoms with van der Waals surface area (Å²) in [6.07, 6.45) is 1.56. The van der Waals surface area contributed by atoms with Crippen LogP contribution in [0.2, 0.25) is 0 Å². The van der Waals surface area contributed by atoms with Gasteiger partial charge >= 0.3 is 0 Å². The number of rotatable bonds is 2. The Morgan fingerprint density at radius 3 is 2.79 bits per heavy atom.